The zero-order valence-electron chi connectivity index (χ0n) is 10.2. The van der Waals surface area contributed by atoms with E-state index < -0.39 is 10.0 Å². The number of anilines is 1. The van der Waals surface area contributed by atoms with Crippen molar-refractivity contribution in [2.45, 2.75) is 19.6 Å². The molecule has 0 aliphatic rings. The smallest absolute Gasteiger partial charge is 0.235 e. The molecule has 18 heavy (non-hydrogen) atoms. The summed E-state index contributed by atoms with van der Waals surface area (Å²) in [5.74, 6) is -0.126. The van der Waals surface area contributed by atoms with Crippen LogP contribution in [0.15, 0.2) is 22.7 Å². The molecule has 0 aliphatic carbocycles. The van der Waals surface area contributed by atoms with Crippen molar-refractivity contribution in [3.8, 4) is 0 Å². The maximum atomic E-state index is 11.8. The Kier molecular flexibility index (Phi) is 5.58. The second kappa shape index (κ2) is 6.51. The van der Waals surface area contributed by atoms with Crippen LogP contribution in [0.25, 0.3) is 0 Å². The lowest BCUT2D eigenvalue weighted by atomic mass is 10.2. The van der Waals surface area contributed by atoms with Crippen molar-refractivity contribution in [3.05, 3.63) is 28.2 Å². The molecule has 0 saturated heterocycles. The fourth-order valence-corrected chi connectivity index (χ4v) is 3.15. The van der Waals surface area contributed by atoms with Crippen LogP contribution in [0.3, 0.4) is 0 Å². The van der Waals surface area contributed by atoms with E-state index in [0.717, 1.165) is 0 Å². The molecule has 0 bridgehead atoms. The van der Waals surface area contributed by atoms with E-state index in [4.69, 9.17) is 9.84 Å². The third-order valence-electron chi connectivity index (χ3n) is 2.34. The molecule has 1 unspecified atom stereocenters. The van der Waals surface area contributed by atoms with E-state index in [-0.39, 0.29) is 18.5 Å². The van der Waals surface area contributed by atoms with E-state index in [0.29, 0.717) is 15.7 Å². The number of sulfonamides is 1. The van der Waals surface area contributed by atoms with E-state index in [1.807, 2.05) is 0 Å². The van der Waals surface area contributed by atoms with E-state index in [1.165, 1.54) is 7.11 Å². The maximum absolute atomic E-state index is 11.8. The molecule has 0 aromatic heterocycles. The number of rotatable bonds is 6. The average molecular weight is 338 g/mol. The van der Waals surface area contributed by atoms with Crippen LogP contribution in [0.5, 0.6) is 0 Å². The summed E-state index contributed by atoms with van der Waals surface area (Å²) in [6.45, 7) is 1.54. The lowest BCUT2D eigenvalue weighted by molar-refractivity contribution is 0.136. The summed E-state index contributed by atoms with van der Waals surface area (Å²) in [6, 6.07) is 4.97. The summed E-state index contributed by atoms with van der Waals surface area (Å²) >= 11 is 3.26. The van der Waals surface area contributed by atoms with Gasteiger partial charge in [0.15, 0.2) is 0 Å². The first-order valence-corrected chi connectivity index (χ1v) is 7.75. The SMILES string of the molecule is COC(C)CS(=O)(=O)Nc1cc(CO)ccc1Br. The number of aliphatic hydroxyl groups is 1. The Morgan fingerprint density at radius 3 is 2.72 bits per heavy atom. The number of hydrogen-bond donors (Lipinski definition) is 2. The van der Waals surface area contributed by atoms with E-state index in [2.05, 4.69) is 20.7 Å². The molecular formula is C11H16BrNO4S. The highest BCUT2D eigenvalue weighted by molar-refractivity contribution is 9.10. The summed E-state index contributed by atoms with van der Waals surface area (Å²) < 4.78 is 31.7. The number of methoxy groups -OCH3 is 1. The van der Waals surface area contributed by atoms with Crippen molar-refractivity contribution in [2.24, 2.45) is 0 Å². The standard InChI is InChI=1S/C11H16BrNO4S/c1-8(17-2)7-18(15,16)13-11-5-9(6-14)3-4-10(11)12/h3-5,8,13-14H,6-7H2,1-2H3. The first kappa shape index (κ1) is 15.4. The minimum absolute atomic E-state index is 0.126. The number of halogens is 1. The number of aliphatic hydroxyl groups excluding tert-OH is 1. The lowest BCUT2D eigenvalue weighted by Crippen LogP contribution is -2.25. The Balaban J connectivity index is 2.89. The fourth-order valence-electron chi connectivity index (χ4n) is 1.34. The molecule has 0 fully saturated rings. The second-order valence-corrected chi connectivity index (χ2v) is 6.52. The summed E-state index contributed by atoms with van der Waals surface area (Å²) in [4.78, 5) is 0. The van der Waals surface area contributed by atoms with Crippen molar-refractivity contribution in [1.82, 2.24) is 0 Å². The van der Waals surface area contributed by atoms with Crippen LogP contribution in [-0.4, -0.2) is 32.5 Å². The molecule has 0 radical (unpaired) electrons. The van der Waals surface area contributed by atoms with Crippen LogP contribution in [0.2, 0.25) is 0 Å². The maximum Gasteiger partial charge on any atom is 0.235 e. The van der Waals surface area contributed by atoms with Crippen molar-refractivity contribution < 1.29 is 18.3 Å². The molecule has 1 rings (SSSR count). The summed E-state index contributed by atoms with van der Waals surface area (Å²) in [5.41, 5.74) is 1.04. The normalized spacial score (nSPS) is 13.3. The predicted molar refractivity (Wildman–Crippen MR) is 73.9 cm³/mol. The Morgan fingerprint density at radius 1 is 1.50 bits per heavy atom. The molecule has 7 heteroatoms. The fraction of sp³-hybridized carbons (Fsp3) is 0.455. The molecule has 0 aliphatic heterocycles. The third kappa shape index (κ3) is 4.56. The van der Waals surface area contributed by atoms with Gasteiger partial charge in [0.2, 0.25) is 10.0 Å². The minimum Gasteiger partial charge on any atom is -0.392 e. The zero-order chi connectivity index (χ0) is 13.8. The molecule has 1 aromatic carbocycles. The number of nitrogens with one attached hydrogen (secondary N) is 1. The Bertz CT molecular complexity index is 504. The largest absolute Gasteiger partial charge is 0.392 e. The summed E-state index contributed by atoms with van der Waals surface area (Å²) in [7, 11) is -2.02. The van der Waals surface area contributed by atoms with Gasteiger partial charge in [-0.25, -0.2) is 8.42 Å². The van der Waals surface area contributed by atoms with Crippen LogP contribution < -0.4 is 4.72 Å². The predicted octanol–water partition coefficient (Wildman–Crippen LogP) is 1.72. The van der Waals surface area contributed by atoms with Gasteiger partial charge >= 0.3 is 0 Å². The van der Waals surface area contributed by atoms with E-state index >= 15 is 0 Å². The lowest BCUT2D eigenvalue weighted by Gasteiger charge is -2.13. The monoisotopic (exact) mass is 337 g/mol. The molecule has 1 aromatic rings. The quantitative estimate of drug-likeness (QED) is 0.828. The number of benzene rings is 1. The highest BCUT2D eigenvalue weighted by Crippen LogP contribution is 2.25. The first-order valence-electron chi connectivity index (χ1n) is 5.30. The van der Waals surface area contributed by atoms with Crippen LogP contribution in [0.1, 0.15) is 12.5 Å². The average Bonchev–Trinajstić information content (AvgIpc) is 2.31. The Morgan fingerprint density at radius 2 is 2.17 bits per heavy atom. The molecule has 1 atom stereocenters. The Hall–Kier alpha value is -0.630. The third-order valence-corrected chi connectivity index (χ3v) is 4.47. The van der Waals surface area contributed by atoms with Gasteiger partial charge < -0.3 is 9.84 Å². The van der Waals surface area contributed by atoms with Gasteiger partial charge in [-0.15, -0.1) is 0 Å². The van der Waals surface area contributed by atoms with Gasteiger partial charge in [0.25, 0.3) is 0 Å². The minimum atomic E-state index is -3.48. The van der Waals surface area contributed by atoms with Crippen molar-refractivity contribution in [3.63, 3.8) is 0 Å². The van der Waals surface area contributed by atoms with E-state index in [1.54, 1.807) is 25.1 Å². The van der Waals surface area contributed by atoms with Crippen LogP contribution in [-0.2, 0) is 21.4 Å². The zero-order valence-corrected chi connectivity index (χ0v) is 12.6. The van der Waals surface area contributed by atoms with Crippen LogP contribution in [0, 0.1) is 0 Å². The molecule has 0 spiro atoms. The second-order valence-electron chi connectivity index (χ2n) is 3.90. The van der Waals surface area contributed by atoms with Gasteiger partial charge in [0.05, 0.1) is 24.2 Å². The van der Waals surface area contributed by atoms with Crippen molar-refractivity contribution in [1.29, 1.82) is 0 Å². The van der Waals surface area contributed by atoms with Gasteiger partial charge in [0.1, 0.15) is 0 Å². The van der Waals surface area contributed by atoms with Crippen molar-refractivity contribution in [2.75, 3.05) is 17.6 Å². The topological polar surface area (TPSA) is 75.6 Å². The van der Waals surface area contributed by atoms with Gasteiger partial charge in [0, 0.05) is 11.6 Å². The van der Waals surface area contributed by atoms with E-state index in [9.17, 15) is 8.42 Å². The first-order chi connectivity index (χ1) is 8.38. The number of hydrogen-bond acceptors (Lipinski definition) is 4. The van der Waals surface area contributed by atoms with Crippen LogP contribution in [0.4, 0.5) is 5.69 Å². The van der Waals surface area contributed by atoms with Gasteiger partial charge in [-0.1, -0.05) is 6.07 Å². The summed E-state index contributed by atoms with van der Waals surface area (Å²) in [6.07, 6.45) is -0.387. The molecule has 0 amide bonds. The molecule has 5 nitrogen and oxygen atoms in total. The molecule has 0 heterocycles. The van der Waals surface area contributed by atoms with Crippen LogP contribution >= 0.6 is 15.9 Å². The summed E-state index contributed by atoms with van der Waals surface area (Å²) in [5, 5.41) is 9.02. The molecule has 102 valence electrons. The highest BCUT2D eigenvalue weighted by atomic mass is 79.9. The van der Waals surface area contributed by atoms with Gasteiger partial charge in [-0.05, 0) is 40.5 Å². The molecular weight excluding hydrogens is 322 g/mol. The van der Waals surface area contributed by atoms with Crippen molar-refractivity contribution >= 4 is 31.6 Å². The molecule has 2 N–H and O–H groups in total. The Labute approximate surface area is 115 Å². The highest BCUT2D eigenvalue weighted by Gasteiger charge is 2.16. The molecule has 0 saturated carbocycles. The van der Waals surface area contributed by atoms with Gasteiger partial charge in [-0.2, -0.15) is 0 Å². The number of ether oxygens (including phenoxy) is 1. The van der Waals surface area contributed by atoms with Gasteiger partial charge in [-0.3, -0.25) is 4.72 Å².